The van der Waals surface area contributed by atoms with E-state index >= 15 is 0 Å². The number of amides is 1. The number of benzene rings is 1. The zero-order valence-electron chi connectivity index (χ0n) is 13.6. The Labute approximate surface area is 140 Å². The predicted octanol–water partition coefficient (Wildman–Crippen LogP) is 2.97. The molecule has 1 saturated heterocycles. The average Bonchev–Trinajstić information content (AvgIpc) is 2.87. The van der Waals surface area contributed by atoms with Gasteiger partial charge in [-0.15, -0.1) is 11.3 Å². The maximum atomic E-state index is 12.6. The lowest BCUT2D eigenvalue weighted by Crippen LogP contribution is -2.34. The highest BCUT2D eigenvalue weighted by Crippen LogP contribution is 2.22. The van der Waals surface area contributed by atoms with Crippen molar-refractivity contribution in [1.82, 2.24) is 14.8 Å². The standard InChI is InChI=1S/C17H22N4OS/c1-13-5-3-6-14(11-13)18-17-19-15(12-23-17)16(22)21-8-4-7-20(2)9-10-21/h3,5-6,11-12H,4,7-10H2,1-2H3,(H,18,19). The maximum Gasteiger partial charge on any atom is 0.273 e. The Bertz CT molecular complexity index is 685. The number of carbonyl (C=O) groups is 1. The number of aromatic nitrogens is 1. The smallest absolute Gasteiger partial charge is 0.273 e. The predicted molar refractivity (Wildman–Crippen MR) is 94.6 cm³/mol. The van der Waals surface area contributed by atoms with Crippen LogP contribution in [-0.4, -0.2) is 53.9 Å². The Morgan fingerprint density at radius 3 is 2.96 bits per heavy atom. The van der Waals surface area contributed by atoms with Gasteiger partial charge in [0, 0.05) is 30.7 Å². The zero-order valence-corrected chi connectivity index (χ0v) is 14.4. The van der Waals surface area contributed by atoms with Gasteiger partial charge in [-0.2, -0.15) is 0 Å². The minimum Gasteiger partial charge on any atom is -0.336 e. The van der Waals surface area contributed by atoms with Crippen LogP contribution in [0.2, 0.25) is 0 Å². The lowest BCUT2D eigenvalue weighted by Gasteiger charge is -2.19. The third kappa shape index (κ3) is 4.09. The van der Waals surface area contributed by atoms with Crippen LogP contribution in [0.5, 0.6) is 0 Å². The molecule has 1 aliphatic heterocycles. The fourth-order valence-electron chi connectivity index (χ4n) is 2.69. The minimum absolute atomic E-state index is 0.0360. The van der Waals surface area contributed by atoms with Crippen molar-refractivity contribution in [3.05, 3.63) is 40.9 Å². The number of carbonyl (C=O) groups excluding carboxylic acids is 1. The first-order valence-corrected chi connectivity index (χ1v) is 8.77. The summed E-state index contributed by atoms with van der Waals surface area (Å²) >= 11 is 1.47. The van der Waals surface area contributed by atoms with Gasteiger partial charge in [-0.05, 0) is 44.6 Å². The summed E-state index contributed by atoms with van der Waals surface area (Å²) in [6, 6.07) is 8.12. The number of aryl methyl sites for hydroxylation is 1. The first kappa shape index (κ1) is 16.0. The molecule has 5 nitrogen and oxygen atoms in total. The van der Waals surface area contributed by atoms with Crippen LogP contribution >= 0.6 is 11.3 Å². The van der Waals surface area contributed by atoms with Gasteiger partial charge in [-0.3, -0.25) is 4.79 Å². The molecule has 0 atom stereocenters. The second kappa shape index (κ2) is 7.10. The zero-order chi connectivity index (χ0) is 16.2. The molecule has 0 spiro atoms. The summed E-state index contributed by atoms with van der Waals surface area (Å²) in [6.07, 6.45) is 1.01. The molecule has 2 aromatic rings. The normalized spacial score (nSPS) is 16.2. The first-order chi connectivity index (χ1) is 11.1. The Kier molecular flexibility index (Phi) is 4.93. The van der Waals surface area contributed by atoms with E-state index < -0.39 is 0 Å². The monoisotopic (exact) mass is 330 g/mol. The summed E-state index contributed by atoms with van der Waals surface area (Å²) in [7, 11) is 2.10. The summed E-state index contributed by atoms with van der Waals surface area (Å²) in [5.41, 5.74) is 2.72. The van der Waals surface area contributed by atoms with E-state index in [0.29, 0.717) is 5.69 Å². The fraction of sp³-hybridized carbons (Fsp3) is 0.412. The highest BCUT2D eigenvalue weighted by atomic mass is 32.1. The maximum absolute atomic E-state index is 12.6. The second-order valence-electron chi connectivity index (χ2n) is 5.98. The average molecular weight is 330 g/mol. The number of rotatable bonds is 3. The molecule has 6 heteroatoms. The van der Waals surface area contributed by atoms with Crippen LogP contribution in [0.25, 0.3) is 0 Å². The Morgan fingerprint density at radius 2 is 2.13 bits per heavy atom. The van der Waals surface area contributed by atoms with Crippen LogP contribution < -0.4 is 5.32 Å². The molecule has 23 heavy (non-hydrogen) atoms. The lowest BCUT2D eigenvalue weighted by molar-refractivity contribution is 0.0758. The highest BCUT2D eigenvalue weighted by molar-refractivity contribution is 7.14. The van der Waals surface area contributed by atoms with Gasteiger partial charge >= 0.3 is 0 Å². The molecule has 1 aliphatic rings. The van der Waals surface area contributed by atoms with Crippen LogP contribution in [0, 0.1) is 6.92 Å². The summed E-state index contributed by atoms with van der Waals surface area (Å²) in [5.74, 6) is 0.0360. The van der Waals surface area contributed by atoms with Gasteiger partial charge in [0.05, 0.1) is 0 Å². The second-order valence-corrected chi connectivity index (χ2v) is 6.84. The van der Waals surface area contributed by atoms with Crippen LogP contribution in [0.3, 0.4) is 0 Å². The number of hydrogen-bond acceptors (Lipinski definition) is 5. The summed E-state index contributed by atoms with van der Waals surface area (Å²) < 4.78 is 0. The summed E-state index contributed by atoms with van der Waals surface area (Å²) in [4.78, 5) is 21.2. The molecular weight excluding hydrogens is 308 g/mol. The van der Waals surface area contributed by atoms with Crippen LogP contribution in [0.1, 0.15) is 22.5 Å². The SMILES string of the molecule is Cc1cccc(Nc2nc(C(=O)N3CCCN(C)CC3)cs2)c1. The Morgan fingerprint density at radius 1 is 1.26 bits per heavy atom. The van der Waals surface area contributed by atoms with Crippen LogP contribution in [0.15, 0.2) is 29.6 Å². The van der Waals surface area contributed by atoms with E-state index in [1.807, 2.05) is 22.4 Å². The van der Waals surface area contributed by atoms with Crippen molar-refractivity contribution in [2.75, 3.05) is 38.5 Å². The fourth-order valence-corrected chi connectivity index (χ4v) is 3.39. The van der Waals surface area contributed by atoms with Crippen molar-refractivity contribution in [2.24, 2.45) is 0 Å². The molecular formula is C17H22N4OS. The van der Waals surface area contributed by atoms with E-state index in [1.165, 1.54) is 16.9 Å². The number of likely N-dealkylation sites (N-methyl/N-ethyl adjacent to an activating group) is 1. The van der Waals surface area contributed by atoms with Crippen molar-refractivity contribution in [3.8, 4) is 0 Å². The molecule has 0 radical (unpaired) electrons. The number of nitrogens with one attached hydrogen (secondary N) is 1. The molecule has 1 aromatic heterocycles. The molecule has 1 amide bonds. The molecule has 0 saturated carbocycles. The molecule has 1 fully saturated rings. The van der Waals surface area contributed by atoms with E-state index in [9.17, 15) is 4.79 Å². The molecule has 0 bridgehead atoms. The van der Waals surface area contributed by atoms with Gasteiger partial charge in [0.1, 0.15) is 5.69 Å². The number of nitrogens with zero attached hydrogens (tertiary/aromatic N) is 3. The van der Waals surface area contributed by atoms with Gasteiger partial charge in [0.2, 0.25) is 0 Å². The van der Waals surface area contributed by atoms with Crippen LogP contribution in [-0.2, 0) is 0 Å². The van der Waals surface area contributed by atoms with E-state index in [2.05, 4.69) is 41.3 Å². The van der Waals surface area contributed by atoms with Crippen molar-refractivity contribution in [3.63, 3.8) is 0 Å². The van der Waals surface area contributed by atoms with Gasteiger partial charge in [0.25, 0.3) is 5.91 Å². The lowest BCUT2D eigenvalue weighted by atomic mass is 10.2. The molecule has 1 N–H and O–H groups in total. The molecule has 0 unspecified atom stereocenters. The van der Waals surface area contributed by atoms with E-state index in [4.69, 9.17) is 0 Å². The third-order valence-corrected chi connectivity index (χ3v) is 4.76. The van der Waals surface area contributed by atoms with Crippen molar-refractivity contribution < 1.29 is 4.79 Å². The largest absolute Gasteiger partial charge is 0.336 e. The third-order valence-electron chi connectivity index (χ3n) is 4.00. The van der Waals surface area contributed by atoms with Gasteiger partial charge in [-0.25, -0.2) is 4.98 Å². The quantitative estimate of drug-likeness (QED) is 0.940. The van der Waals surface area contributed by atoms with E-state index in [0.717, 1.165) is 43.4 Å². The van der Waals surface area contributed by atoms with Crippen LogP contribution in [0.4, 0.5) is 10.8 Å². The first-order valence-electron chi connectivity index (χ1n) is 7.89. The van der Waals surface area contributed by atoms with Gasteiger partial charge in [0.15, 0.2) is 5.13 Å². The molecule has 1 aromatic carbocycles. The molecule has 122 valence electrons. The van der Waals surface area contributed by atoms with Crippen molar-refractivity contribution >= 4 is 28.1 Å². The van der Waals surface area contributed by atoms with E-state index in [-0.39, 0.29) is 5.91 Å². The summed E-state index contributed by atoms with van der Waals surface area (Å²) in [5, 5.41) is 5.87. The van der Waals surface area contributed by atoms with E-state index in [1.54, 1.807) is 0 Å². The number of anilines is 2. The molecule has 2 heterocycles. The molecule has 3 rings (SSSR count). The van der Waals surface area contributed by atoms with Crippen molar-refractivity contribution in [1.29, 1.82) is 0 Å². The number of hydrogen-bond donors (Lipinski definition) is 1. The highest BCUT2D eigenvalue weighted by Gasteiger charge is 2.21. The van der Waals surface area contributed by atoms with Gasteiger partial charge < -0.3 is 15.1 Å². The Balaban J connectivity index is 1.67. The number of thiazole rings is 1. The minimum atomic E-state index is 0.0360. The Hall–Kier alpha value is -1.92. The molecule has 0 aliphatic carbocycles. The topological polar surface area (TPSA) is 48.5 Å². The van der Waals surface area contributed by atoms with Crippen molar-refractivity contribution in [2.45, 2.75) is 13.3 Å². The summed E-state index contributed by atoms with van der Waals surface area (Å²) in [6.45, 7) is 5.60. The van der Waals surface area contributed by atoms with Gasteiger partial charge in [-0.1, -0.05) is 12.1 Å².